The molecule has 0 aliphatic heterocycles. The molecule has 90 valence electrons. The molecule has 1 fully saturated rings. The van der Waals surface area contributed by atoms with Gasteiger partial charge >= 0.3 is 0 Å². The Balaban J connectivity index is 1.73. The third-order valence-corrected chi connectivity index (χ3v) is 4.63. The van der Waals surface area contributed by atoms with Crippen LogP contribution in [0.2, 0.25) is 0 Å². The fourth-order valence-electron chi connectivity index (χ4n) is 2.31. The number of thioether (sulfide) groups is 1. The monoisotopic (exact) mass is 239 g/mol. The van der Waals surface area contributed by atoms with E-state index in [1.165, 1.54) is 31.4 Å². The van der Waals surface area contributed by atoms with Crippen molar-refractivity contribution in [1.29, 1.82) is 0 Å². The number of nitrogens with one attached hydrogen (secondary N) is 1. The van der Waals surface area contributed by atoms with Crippen molar-refractivity contribution < 1.29 is 0 Å². The molecule has 0 radical (unpaired) electrons. The van der Waals surface area contributed by atoms with Gasteiger partial charge in [0.25, 0.3) is 0 Å². The van der Waals surface area contributed by atoms with E-state index in [2.05, 4.69) is 28.2 Å². The predicted molar refractivity (Wildman–Crippen MR) is 69.6 cm³/mol. The zero-order valence-corrected chi connectivity index (χ0v) is 11.0. The van der Waals surface area contributed by atoms with Crippen molar-refractivity contribution in [2.75, 3.05) is 6.26 Å². The van der Waals surface area contributed by atoms with Gasteiger partial charge in [-0.05, 0) is 31.9 Å². The molecular formula is C12H21N3S. The molecule has 1 saturated carbocycles. The first-order valence-corrected chi connectivity index (χ1v) is 7.29. The average Bonchev–Trinajstić information content (AvgIpc) is 2.73. The largest absolute Gasteiger partial charge is 0.337 e. The molecule has 1 aliphatic rings. The summed E-state index contributed by atoms with van der Waals surface area (Å²) < 4.78 is 2.08. The van der Waals surface area contributed by atoms with Gasteiger partial charge in [0, 0.05) is 31.1 Å². The molecule has 3 nitrogen and oxygen atoms in total. The highest BCUT2D eigenvalue weighted by molar-refractivity contribution is 7.99. The van der Waals surface area contributed by atoms with Crippen LogP contribution in [0.4, 0.5) is 0 Å². The molecule has 0 atom stereocenters. The van der Waals surface area contributed by atoms with Gasteiger partial charge in [-0.15, -0.1) is 0 Å². The van der Waals surface area contributed by atoms with Gasteiger partial charge in [0.1, 0.15) is 0 Å². The Morgan fingerprint density at radius 1 is 1.44 bits per heavy atom. The first kappa shape index (κ1) is 12.0. The maximum absolute atomic E-state index is 4.13. The molecule has 0 unspecified atom stereocenters. The lowest BCUT2D eigenvalue weighted by molar-refractivity contribution is 0.376. The minimum absolute atomic E-state index is 0.707. The van der Waals surface area contributed by atoms with Crippen LogP contribution >= 0.6 is 11.8 Å². The zero-order valence-electron chi connectivity index (χ0n) is 10.1. The second-order valence-electron chi connectivity index (χ2n) is 4.59. The summed E-state index contributed by atoms with van der Waals surface area (Å²) in [5.41, 5.74) is 1.27. The van der Waals surface area contributed by atoms with E-state index in [0.29, 0.717) is 6.04 Å². The topological polar surface area (TPSA) is 29.9 Å². The van der Waals surface area contributed by atoms with Crippen LogP contribution in [0.1, 0.15) is 31.4 Å². The van der Waals surface area contributed by atoms with E-state index < -0.39 is 0 Å². The molecule has 1 aliphatic carbocycles. The molecule has 0 aromatic carbocycles. The van der Waals surface area contributed by atoms with Crippen LogP contribution in [-0.2, 0) is 13.6 Å². The number of aromatic nitrogens is 2. The maximum atomic E-state index is 4.13. The lowest BCUT2D eigenvalue weighted by atomic mass is 9.95. The van der Waals surface area contributed by atoms with E-state index in [4.69, 9.17) is 0 Å². The summed E-state index contributed by atoms with van der Waals surface area (Å²) in [5.74, 6) is 0. The molecule has 1 N–H and O–H groups in total. The highest BCUT2D eigenvalue weighted by Crippen LogP contribution is 2.26. The standard InChI is InChI=1S/C12H21N3S/c1-15-9-13-7-11(15)8-14-10-3-5-12(16-2)6-4-10/h7,9-10,12,14H,3-6,8H2,1-2H3. The Morgan fingerprint density at radius 2 is 2.19 bits per heavy atom. The molecular weight excluding hydrogens is 218 g/mol. The minimum Gasteiger partial charge on any atom is -0.337 e. The predicted octanol–water partition coefficient (Wildman–Crippen LogP) is 2.18. The van der Waals surface area contributed by atoms with Crippen LogP contribution in [0.5, 0.6) is 0 Å². The van der Waals surface area contributed by atoms with Crippen LogP contribution in [0, 0.1) is 0 Å². The summed E-state index contributed by atoms with van der Waals surface area (Å²) in [6.45, 7) is 0.950. The Hall–Kier alpha value is -0.480. The van der Waals surface area contributed by atoms with Crippen LogP contribution in [-0.4, -0.2) is 27.1 Å². The van der Waals surface area contributed by atoms with Gasteiger partial charge in [0.2, 0.25) is 0 Å². The smallest absolute Gasteiger partial charge is 0.0945 e. The van der Waals surface area contributed by atoms with Gasteiger partial charge < -0.3 is 9.88 Å². The number of aryl methyl sites for hydroxylation is 1. The third-order valence-electron chi connectivity index (χ3n) is 3.50. The molecule has 4 heteroatoms. The molecule has 1 heterocycles. The average molecular weight is 239 g/mol. The van der Waals surface area contributed by atoms with Crippen LogP contribution in [0.15, 0.2) is 12.5 Å². The molecule has 0 bridgehead atoms. The Bertz CT molecular complexity index is 316. The quantitative estimate of drug-likeness (QED) is 0.873. The van der Waals surface area contributed by atoms with Crippen molar-refractivity contribution in [3.05, 3.63) is 18.2 Å². The Morgan fingerprint density at radius 3 is 2.75 bits per heavy atom. The van der Waals surface area contributed by atoms with Crippen LogP contribution in [0.3, 0.4) is 0 Å². The fourth-order valence-corrected chi connectivity index (χ4v) is 3.05. The minimum atomic E-state index is 0.707. The van der Waals surface area contributed by atoms with Gasteiger partial charge in [-0.3, -0.25) is 0 Å². The van der Waals surface area contributed by atoms with Gasteiger partial charge in [0.15, 0.2) is 0 Å². The number of nitrogens with zero attached hydrogens (tertiary/aromatic N) is 2. The summed E-state index contributed by atoms with van der Waals surface area (Å²) in [6, 6.07) is 0.707. The highest BCUT2D eigenvalue weighted by atomic mass is 32.2. The van der Waals surface area contributed by atoms with E-state index in [1.54, 1.807) is 0 Å². The lowest BCUT2D eigenvalue weighted by Crippen LogP contribution is -2.33. The SMILES string of the molecule is CSC1CCC(NCc2cncn2C)CC1. The second kappa shape index (κ2) is 5.73. The molecule has 0 spiro atoms. The third kappa shape index (κ3) is 3.01. The fraction of sp³-hybridized carbons (Fsp3) is 0.750. The number of hydrogen-bond acceptors (Lipinski definition) is 3. The van der Waals surface area contributed by atoms with Gasteiger partial charge in [-0.1, -0.05) is 0 Å². The zero-order chi connectivity index (χ0) is 11.4. The summed E-state index contributed by atoms with van der Waals surface area (Å²) in [6.07, 6.45) is 11.4. The van der Waals surface area contributed by atoms with Crippen molar-refractivity contribution in [2.24, 2.45) is 7.05 Å². The van der Waals surface area contributed by atoms with Crippen molar-refractivity contribution in [1.82, 2.24) is 14.9 Å². The van der Waals surface area contributed by atoms with Crippen molar-refractivity contribution >= 4 is 11.8 Å². The summed E-state index contributed by atoms with van der Waals surface area (Å²) in [4.78, 5) is 4.13. The lowest BCUT2D eigenvalue weighted by Gasteiger charge is -2.28. The van der Waals surface area contributed by atoms with Crippen LogP contribution < -0.4 is 5.32 Å². The first-order chi connectivity index (χ1) is 7.79. The number of imidazole rings is 1. The normalized spacial score (nSPS) is 25.9. The van der Waals surface area contributed by atoms with E-state index in [0.717, 1.165) is 11.8 Å². The Kier molecular flexibility index (Phi) is 4.29. The van der Waals surface area contributed by atoms with Crippen LogP contribution in [0.25, 0.3) is 0 Å². The first-order valence-electron chi connectivity index (χ1n) is 6.01. The summed E-state index contributed by atoms with van der Waals surface area (Å²) in [5, 5.41) is 4.54. The van der Waals surface area contributed by atoms with Crippen molar-refractivity contribution in [2.45, 2.75) is 43.5 Å². The number of hydrogen-bond donors (Lipinski definition) is 1. The van der Waals surface area contributed by atoms with E-state index in [-0.39, 0.29) is 0 Å². The summed E-state index contributed by atoms with van der Waals surface area (Å²) in [7, 11) is 2.05. The van der Waals surface area contributed by atoms with E-state index in [9.17, 15) is 0 Å². The van der Waals surface area contributed by atoms with E-state index >= 15 is 0 Å². The van der Waals surface area contributed by atoms with E-state index in [1.807, 2.05) is 24.3 Å². The Labute approximate surface area is 102 Å². The molecule has 1 aromatic rings. The maximum Gasteiger partial charge on any atom is 0.0945 e. The van der Waals surface area contributed by atoms with Crippen molar-refractivity contribution in [3.8, 4) is 0 Å². The summed E-state index contributed by atoms with van der Waals surface area (Å²) >= 11 is 2.02. The van der Waals surface area contributed by atoms with Crippen molar-refractivity contribution in [3.63, 3.8) is 0 Å². The molecule has 0 amide bonds. The molecule has 1 aromatic heterocycles. The number of rotatable bonds is 4. The molecule has 16 heavy (non-hydrogen) atoms. The van der Waals surface area contributed by atoms with Gasteiger partial charge in [-0.25, -0.2) is 4.98 Å². The van der Waals surface area contributed by atoms with Gasteiger partial charge in [0.05, 0.1) is 12.0 Å². The molecule has 2 rings (SSSR count). The van der Waals surface area contributed by atoms with Gasteiger partial charge in [-0.2, -0.15) is 11.8 Å². The second-order valence-corrected chi connectivity index (χ2v) is 5.72. The molecule has 0 saturated heterocycles. The highest BCUT2D eigenvalue weighted by Gasteiger charge is 2.19.